The standard InChI is InChI=1S/C14H28O6/c1-2-3-4-5-6-11(7-12(17)8-15)14(19)20-10-13(18)9-16/h11-13,15-18H,2-10H2,1H3. The fourth-order valence-electron chi connectivity index (χ4n) is 1.90. The predicted octanol–water partition coefficient (Wildman–Crippen LogP) is 0.213. The van der Waals surface area contributed by atoms with E-state index in [1.54, 1.807) is 0 Å². The molecule has 0 heterocycles. The second-order valence-electron chi connectivity index (χ2n) is 5.08. The summed E-state index contributed by atoms with van der Waals surface area (Å²) in [5, 5.41) is 36.1. The van der Waals surface area contributed by atoms with Gasteiger partial charge in [-0.3, -0.25) is 4.79 Å². The van der Waals surface area contributed by atoms with Crippen LogP contribution in [0.4, 0.5) is 0 Å². The van der Waals surface area contributed by atoms with Crippen molar-refractivity contribution in [2.75, 3.05) is 19.8 Å². The number of aliphatic hydroxyl groups is 4. The molecule has 20 heavy (non-hydrogen) atoms. The van der Waals surface area contributed by atoms with E-state index >= 15 is 0 Å². The van der Waals surface area contributed by atoms with Gasteiger partial charge in [-0.1, -0.05) is 32.6 Å². The summed E-state index contributed by atoms with van der Waals surface area (Å²) >= 11 is 0. The predicted molar refractivity (Wildman–Crippen MR) is 74.0 cm³/mol. The van der Waals surface area contributed by atoms with E-state index in [0.717, 1.165) is 25.7 Å². The first kappa shape index (κ1) is 19.3. The summed E-state index contributed by atoms with van der Waals surface area (Å²) in [5.74, 6) is -0.985. The van der Waals surface area contributed by atoms with Crippen molar-refractivity contribution in [2.24, 2.45) is 5.92 Å². The fraction of sp³-hybridized carbons (Fsp3) is 0.929. The van der Waals surface area contributed by atoms with Gasteiger partial charge < -0.3 is 25.2 Å². The van der Waals surface area contributed by atoms with Crippen LogP contribution in [0.2, 0.25) is 0 Å². The summed E-state index contributed by atoms with van der Waals surface area (Å²) in [5.41, 5.74) is 0. The summed E-state index contributed by atoms with van der Waals surface area (Å²) < 4.78 is 4.92. The van der Waals surface area contributed by atoms with E-state index in [2.05, 4.69) is 6.92 Å². The zero-order chi connectivity index (χ0) is 15.4. The second kappa shape index (κ2) is 12.1. The van der Waals surface area contributed by atoms with Crippen LogP contribution in [0.15, 0.2) is 0 Å². The average molecular weight is 292 g/mol. The Balaban J connectivity index is 4.22. The van der Waals surface area contributed by atoms with Crippen molar-refractivity contribution in [2.45, 2.75) is 57.7 Å². The maximum absolute atomic E-state index is 11.9. The molecule has 0 aliphatic heterocycles. The van der Waals surface area contributed by atoms with Crippen molar-refractivity contribution in [1.29, 1.82) is 0 Å². The molecular formula is C14H28O6. The molecule has 6 heteroatoms. The molecule has 0 bridgehead atoms. The normalized spacial score (nSPS) is 15.7. The van der Waals surface area contributed by atoms with Gasteiger partial charge in [-0.15, -0.1) is 0 Å². The number of hydrogen-bond donors (Lipinski definition) is 4. The van der Waals surface area contributed by atoms with Gasteiger partial charge in [0, 0.05) is 0 Å². The number of esters is 1. The van der Waals surface area contributed by atoms with E-state index in [1.165, 1.54) is 0 Å². The smallest absolute Gasteiger partial charge is 0.309 e. The summed E-state index contributed by atoms with van der Waals surface area (Å²) in [6, 6.07) is 0. The van der Waals surface area contributed by atoms with Gasteiger partial charge >= 0.3 is 5.97 Å². The highest BCUT2D eigenvalue weighted by molar-refractivity contribution is 5.72. The molecule has 4 N–H and O–H groups in total. The lowest BCUT2D eigenvalue weighted by atomic mass is 9.95. The molecule has 0 radical (unpaired) electrons. The molecule has 120 valence electrons. The maximum atomic E-state index is 11.9. The summed E-state index contributed by atoms with van der Waals surface area (Å²) in [6.07, 6.45) is 2.76. The molecule has 0 aliphatic carbocycles. The second-order valence-corrected chi connectivity index (χ2v) is 5.08. The fourth-order valence-corrected chi connectivity index (χ4v) is 1.90. The first-order valence-corrected chi connectivity index (χ1v) is 7.29. The highest BCUT2D eigenvalue weighted by Crippen LogP contribution is 2.18. The first-order valence-electron chi connectivity index (χ1n) is 7.29. The number of ether oxygens (including phenoxy) is 1. The molecule has 0 fully saturated rings. The monoisotopic (exact) mass is 292 g/mol. The van der Waals surface area contributed by atoms with Crippen LogP contribution in [0.5, 0.6) is 0 Å². The molecule has 3 atom stereocenters. The van der Waals surface area contributed by atoms with Gasteiger partial charge in [-0.05, 0) is 12.8 Å². The Kier molecular flexibility index (Phi) is 11.7. The lowest BCUT2D eigenvalue weighted by Gasteiger charge is -2.19. The molecule has 0 aliphatic rings. The molecule has 0 spiro atoms. The Labute approximate surface area is 120 Å². The number of carbonyl (C=O) groups excluding carboxylic acids is 1. The molecule has 3 unspecified atom stereocenters. The Morgan fingerprint density at radius 1 is 1.05 bits per heavy atom. The third-order valence-corrected chi connectivity index (χ3v) is 3.14. The van der Waals surface area contributed by atoms with Crippen LogP contribution < -0.4 is 0 Å². The number of rotatable bonds is 12. The van der Waals surface area contributed by atoms with Crippen LogP contribution in [-0.4, -0.2) is 58.4 Å². The van der Waals surface area contributed by atoms with Gasteiger partial charge in [0.05, 0.1) is 25.2 Å². The van der Waals surface area contributed by atoms with Gasteiger partial charge in [0.1, 0.15) is 12.7 Å². The van der Waals surface area contributed by atoms with Crippen molar-refractivity contribution in [1.82, 2.24) is 0 Å². The van der Waals surface area contributed by atoms with Crippen molar-refractivity contribution in [3.8, 4) is 0 Å². The summed E-state index contributed by atoms with van der Waals surface area (Å²) in [6.45, 7) is 0.985. The molecule has 0 aromatic rings. The highest BCUT2D eigenvalue weighted by Gasteiger charge is 2.23. The lowest BCUT2D eigenvalue weighted by Crippen LogP contribution is -2.28. The third kappa shape index (κ3) is 9.25. The topological polar surface area (TPSA) is 107 Å². The highest BCUT2D eigenvalue weighted by atomic mass is 16.5. The minimum absolute atomic E-state index is 0.149. The Hall–Kier alpha value is -0.690. The quantitative estimate of drug-likeness (QED) is 0.303. The van der Waals surface area contributed by atoms with Crippen LogP contribution in [0, 0.1) is 5.92 Å². The Morgan fingerprint density at radius 3 is 2.25 bits per heavy atom. The molecule has 0 rings (SSSR count). The SMILES string of the molecule is CCCCCCC(CC(O)CO)C(=O)OCC(O)CO. The summed E-state index contributed by atoms with van der Waals surface area (Å²) in [4.78, 5) is 11.9. The van der Waals surface area contributed by atoms with E-state index < -0.39 is 37.3 Å². The minimum Gasteiger partial charge on any atom is -0.463 e. The van der Waals surface area contributed by atoms with E-state index in [-0.39, 0.29) is 13.0 Å². The van der Waals surface area contributed by atoms with E-state index in [1.807, 2.05) is 0 Å². The molecule has 0 amide bonds. The molecule has 0 aromatic heterocycles. The van der Waals surface area contributed by atoms with Crippen LogP contribution in [0.3, 0.4) is 0 Å². The molecular weight excluding hydrogens is 264 g/mol. The number of unbranched alkanes of at least 4 members (excludes halogenated alkanes) is 3. The third-order valence-electron chi connectivity index (χ3n) is 3.14. The first-order chi connectivity index (χ1) is 9.54. The van der Waals surface area contributed by atoms with Gasteiger partial charge in [-0.2, -0.15) is 0 Å². The lowest BCUT2D eigenvalue weighted by molar-refractivity contribution is -0.153. The van der Waals surface area contributed by atoms with E-state index in [4.69, 9.17) is 20.1 Å². The van der Waals surface area contributed by atoms with Crippen LogP contribution in [-0.2, 0) is 9.53 Å². The van der Waals surface area contributed by atoms with Crippen molar-refractivity contribution >= 4 is 5.97 Å². The molecule has 6 nitrogen and oxygen atoms in total. The Morgan fingerprint density at radius 2 is 1.70 bits per heavy atom. The van der Waals surface area contributed by atoms with E-state index in [9.17, 15) is 9.90 Å². The van der Waals surface area contributed by atoms with Crippen LogP contribution >= 0.6 is 0 Å². The number of carbonyl (C=O) groups is 1. The van der Waals surface area contributed by atoms with Gasteiger partial charge in [0.15, 0.2) is 0 Å². The molecule has 0 saturated heterocycles. The van der Waals surface area contributed by atoms with Crippen LogP contribution in [0.1, 0.15) is 45.4 Å². The number of aliphatic hydroxyl groups excluding tert-OH is 4. The Bertz CT molecular complexity index is 246. The largest absolute Gasteiger partial charge is 0.463 e. The minimum atomic E-state index is -1.08. The molecule has 0 saturated carbocycles. The van der Waals surface area contributed by atoms with Gasteiger partial charge in [0.25, 0.3) is 0 Å². The average Bonchev–Trinajstić information content (AvgIpc) is 2.47. The van der Waals surface area contributed by atoms with Crippen molar-refractivity contribution in [3.63, 3.8) is 0 Å². The molecule has 0 aromatic carbocycles. The van der Waals surface area contributed by atoms with Crippen LogP contribution in [0.25, 0.3) is 0 Å². The van der Waals surface area contributed by atoms with Gasteiger partial charge in [0.2, 0.25) is 0 Å². The summed E-state index contributed by atoms with van der Waals surface area (Å²) in [7, 11) is 0. The van der Waals surface area contributed by atoms with Crippen molar-refractivity contribution < 1.29 is 30.0 Å². The van der Waals surface area contributed by atoms with Gasteiger partial charge in [-0.25, -0.2) is 0 Å². The zero-order valence-electron chi connectivity index (χ0n) is 12.2. The van der Waals surface area contributed by atoms with Crippen molar-refractivity contribution in [3.05, 3.63) is 0 Å². The maximum Gasteiger partial charge on any atom is 0.309 e. The zero-order valence-corrected chi connectivity index (χ0v) is 12.2. The van der Waals surface area contributed by atoms with E-state index in [0.29, 0.717) is 6.42 Å². The number of hydrogen-bond acceptors (Lipinski definition) is 6.